The third-order valence-corrected chi connectivity index (χ3v) is 8.76. The van der Waals surface area contributed by atoms with Crippen molar-refractivity contribution in [3.05, 3.63) is 132 Å². The van der Waals surface area contributed by atoms with Gasteiger partial charge in [0, 0.05) is 5.41 Å². The largest absolute Gasteiger partial charge is 0.0642 e. The molecule has 0 N–H and O–H groups in total. The zero-order valence-corrected chi connectivity index (χ0v) is 21.5. The Morgan fingerprint density at radius 3 is 1.51 bits per heavy atom. The Morgan fingerprint density at radius 2 is 0.919 bits per heavy atom. The van der Waals surface area contributed by atoms with Gasteiger partial charge >= 0.3 is 0 Å². The van der Waals surface area contributed by atoms with Gasteiger partial charge in [0.25, 0.3) is 0 Å². The van der Waals surface area contributed by atoms with Gasteiger partial charge in [0.15, 0.2) is 0 Å². The summed E-state index contributed by atoms with van der Waals surface area (Å²) < 4.78 is 0. The first-order chi connectivity index (χ1) is 18.3. The van der Waals surface area contributed by atoms with Crippen LogP contribution in [0.4, 0.5) is 0 Å². The lowest BCUT2D eigenvalue weighted by atomic mass is 9.73. The van der Waals surface area contributed by atoms with E-state index in [9.17, 15) is 0 Å². The normalized spacial score (nSPS) is 13.6. The van der Waals surface area contributed by atoms with Gasteiger partial charge in [-0.05, 0) is 85.0 Å². The van der Waals surface area contributed by atoms with Gasteiger partial charge in [-0.3, -0.25) is 0 Å². The lowest BCUT2D eigenvalue weighted by Gasteiger charge is -2.30. The fraction of sp³-hybridized carbons (Fsp3) is 0.135. The smallest absolute Gasteiger partial charge is 0.0210 e. The summed E-state index contributed by atoms with van der Waals surface area (Å²) in [5.41, 5.74) is 11.1. The molecule has 0 radical (unpaired) electrons. The molecule has 7 rings (SSSR count). The minimum Gasteiger partial charge on any atom is -0.0642 e. The van der Waals surface area contributed by atoms with Crippen molar-refractivity contribution in [1.82, 2.24) is 0 Å². The molecule has 0 aromatic heterocycles. The molecule has 0 saturated carbocycles. The highest BCUT2D eigenvalue weighted by Crippen LogP contribution is 2.54. The average Bonchev–Trinajstić information content (AvgIpc) is 3.25. The van der Waals surface area contributed by atoms with E-state index in [0.29, 0.717) is 0 Å². The predicted octanol–water partition coefficient (Wildman–Crippen LogP) is 10.4. The van der Waals surface area contributed by atoms with Gasteiger partial charge < -0.3 is 0 Å². The fourth-order valence-corrected chi connectivity index (χ4v) is 6.98. The van der Waals surface area contributed by atoms with E-state index in [2.05, 4.69) is 135 Å². The highest BCUT2D eigenvalue weighted by Gasteiger charge is 2.40. The summed E-state index contributed by atoms with van der Waals surface area (Å²) >= 11 is 0. The fourth-order valence-electron chi connectivity index (χ4n) is 6.98. The minimum atomic E-state index is 0.0670. The van der Waals surface area contributed by atoms with Gasteiger partial charge in [0.05, 0.1) is 0 Å². The van der Waals surface area contributed by atoms with Gasteiger partial charge in [-0.15, -0.1) is 0 Å². The molecule has 37 heavy (non-hydrogen) atoms. The van der Waals surface area contributed by atoms with E-state index in [-0.39, 0.29) is 5.41 Å². The molecule has 0 aliphatic heterocycles. The van der Waals surface area contributed by atoms with E-state index < -0.39 is 0 Å². The van der Waals surface area contributed by atoms with Gasteiger partial charge in [0.1, 0.15) is 0 Å². The van der Waals surface area contributed by atoms with Crippen molar-refractivity contribution < 1.29 is 0 Å². The molecule has 0 unspecified atom stereocenters. The monoisotopic (exact) mass is 474 g/mol. The molecule has 0 spiro atoms. The lowest BCUT2D eigenvalue weighted by Crippen LogP contribution is -2.23. The molecular formula is C37H30. The van der Waals surface area contributed by atoms with Gasteiger partial charge in [0.2, 0.25) is 0 Å². The molecule has 0 saturated heterocycles. The van der Waals surface area contributed by atoms with Crippen molar-refractivity contribution in [2.45, 2.75) is 32.1 Å². The summed E-state index contributed by atoms with van der Waals surface area (Å²) in [6.07, 6.45) is 2.21. The van der Waals surface area contributed by atoms with Crippen molar-refractivity contribution in [3.63, 3.8) is 0 Å². The molecule has 0 nitrogen and oxygen atoms in total. The Bertz CT molecular complexity index is 1730. The standard InChI is InChI=1S/C37H30/c1-3-37(4-2)33-21-13-12-16-27(33)28-23-22-26(24-34(28)37)36-31-19-10-8-17-29(31)35(25-14-6-5-7-15-25)30-18-9-11-20-32(30)36/h5-24H,3-4H2,1-2H3. The Labute approximate surface area is 219 Å². The van der Waals surface area contributed by atoms with Gasteiger partial charge in [-0.25, -0.2) is 0 Å². The summed E-state index contributed by atoms with van der Waals surface area (Å²) in [4.78, 5) is 0. The number of benzene rings is 6. The molecule has 0 bridgehead atoms. The van der Waals surface area contributed by atoms with Gasteiger partial charge in [-0.1, -0.05) is 129 Å². The second-order valence-corrected chi connectivity index (χ2v) is 10.3. The van der Waals surface area contributed by atoms with E-state index in [1.54, 1.807) is 0 Å². The van der Waals surface area contributed by atoms with Crippen LogP contribution in [0, 0.1) is 0 Å². The maximum Gasteiger partial charge on any atom is 0.0210 e. The summed E-state index contributed by atoms with van der Waals surface area (Å²) in [7, 11) is 0. The first-order valence-corrected chi connectivity index (χ1v) is 13.5. The summed E-state index contributed by atoms with van der Waals surface area (Å²) in [6, 6.07) is 45.0. The number of fused-ring (bicyclic) bond motifs is 5. The lowest BCUT2D eigenvalue weighted by molar-refractivity contribution is 0.490. The molecule has 0 heteroatoms. The second kappa shape index (κ2) is 8.46. The quantitative estimate of drug-likeness (QED) is 0.223. The third-order valence-electron chi connectivity index (χ3n) is 8.76. The average molecular weight is 475 g/mol. The van der Waals surface area contributed by atoms with Crippen LogP contribution in [0.15, 0.2) is 121 Å². The van der Waals surface area contributed by atoms with E-state index in [1.807, 2.05) is 0 Å². The Morgan fingerprint density at radius 1 is 0.432 bits per heavy atom. The first kappa shape index (κ1) is 22.1. The topological polar surface area (TPSA) is 0 Å². The van der Waals surface area contributed by atoms with Crippen molar-refractivity contribution in [2.75, 3.05) is 0 Å². The highest BCUT2D eigenvalue weighted by molar-refractivity contribution is 6.21. The predicted molar refractivity (Wildman–Crippen MR) is 159 cm³/mol. The van der Waals surface area contributed by atoms with E-state index in [4.69, 9.17) is 0 Å². The summed E-state index contributed by atoms with van der Waals surface area (Å²) in [5.74, 6) is 0. The second-order valence-electron chi connectivity index (χ2n) is 10.3. The Balaban J connectivity index is 1.57. The molecule has 0 heterocycles. The molecule has 6 aromatic carbocycles. The highest BCUT2D eigenvalue weighted by atomic mass is 14.4. The summed E-state index contributed by atoms with van der Waals surface area (Å²) in [5, 5.41) is 5.25. The zero-order chi connectivity index (χ0) is 25.0. The van der Waals surface area contributed by atoms with Crippen LogP contribution in [0.2, 0.25) is 0 Å². The van der Waals surface area contributed by atoms with Crippen molar-refractivity contribution in [3.8, 4) is 33.4 Å². The Hall–Kier alpha value is -4.16. The zero-order valence-electron chi connectivity index (χ0n) is 21.5. The van der Waals surface area contributed by atoms with Crippen LogP contribution < -0.4 is 0 Å². The molecule has 1 aliphatic rings. The van der Waals surface area contributed by atoms with Crippen LogP contribution >= 0.6 is 0 Å². The number of hydrogen-bond acceptors (Lipinski definition) is 0. The first-order valence-electron chi connectivity index (χ1n) is 13.5. The van der Waals surface area contributed by atoms with Crippen LogP contribution in [-0.4, -0.2) is 0 Å². The van der Waals surface area contributed by atoms with E-state index >= 15 is 0 Å². The SMILES string of the molecule is CCC1(CC)c2ccccc2-c2ccc(-c3c4ccccc4c(-c4ccccc4)c4ccccc34)cc21. The third kappa shape index (κ3) is 3.09. The van der Waals surface area contributed by atoms with E-state index in [1.165, 1.54) is 66.1 Å². The number of rotatable bonds is 4. The van der Waals surface area contributed by atoms with Crippen molar-refractivity contribution in [2.24, 2.45) is 0 Å². The summed E-state index contributed by atoms with van der Waals surface area (Å²) in [6.45, 7) is 4.70. The minimum absolute atomic E-state index is 0.0670. The van der Waals surface area contributed by atoms with Gasteiger partial charge in [-0.2, -0.15) is 0 Å². The van der Waals surface area contributed by atoms with Crippen molar-refractivity contribution in [1.29, 1.82) is 0 Å². The molecule has 1 aliphatic carbocycles. The molecular weight excluding hydrogens is 444 g/mol. The molecule has 0 amide bonds. The molecule has 178 valence electrons. The van der Waals surface area contributed by atoms with Crippen molar-refractivity contribution >= 4 is 21.5 Å². The molecule has 0 atom stereocenters. The van der Waals surface area contributed by atoms with Crippen LogP contribution in [0.5, 0.6) is 0 Å². The van der Waals surface area contributed by atoms with Crippen LogP contribution in [0.25, 0.3) is 54.9 Å². The van der Waals surface area contributed by atoms with Crippen LogP contribution in [0.1, 0.15) is 37.8 Å². The van der Waals surface area contributed by atoms with Crippen LogP contribution in [0.3, 0.4) is 0 Å². The van der Waals surface area contributed by atoms with Crippen LogP contribution in [-0.2, 0) is 5.41 Å². The number of hydrogen-bond donors (Lipinski definition) is 0. The van der Waals surface area contributed by atoms with E-state index in [0.717, 1.165) is 12.8 Å². The maximum absolute atomic E-state index is 2.51. The molecule has 6 aromatic rings. The Kier molecular flexibility index (Phi) is 5.04. The molecule has 0 fully saturated rings. The maximum atomic E-state index is 2.51.